The summed E-state index contributed by atoms with van der Waals surface area (Å²) in [6, 6.07) is 4.39. The molecule has 4 heteroatoms. The van der Waals surface area contributed by atoms with E-state index in [-0.39, 0.29) is 12.4 Å². The van der Waals surface area contributed by atoms with Crippen LogP contribution in [0.5, 0.6) is 5.75 Å². The molecule has 0 aliphatic rings. The molecule has 1 rings (SSSR count). The van der Waals surface area contributed by atoms with Crippen molar-refractivity contribution in [2.24, 2.45) is 0 Å². The number of hydrogen-bond donors (Lipinski definition) is 1. The average molecular weight is 245 g/mol. The van der Waals surface area contributed by atoms with Crippen molar-refractivity contribution in [1.82, 2.24) is 0 Å². The fraction of sp³-hybridized carbons (Fsp3) is 0.333. The third kappa shape index (κ3) is 3.51. The van der Waals surface area contributed by atoms with E-state index in [1.165, 1.54) is 17.7 Å². The minimum atomic E-state index is -0.687. The van der Waals surface area contributed by atoms with E-state index in [4.69, 9.17) is 16.3 Å². The highest BCUT2D eigenvalue weighted by molar-refractivity contribution is 6.25. The second kappa shape index (κ2) is 5.87. The molecule has 0 aromatic heterocycles. The molecule has 2 nitrogen and oxygen atoms in total. The highest BCUT2D eigenvalue weighted by atomic mass is 35.5. The van der Waals surface area contributed by atoms with E-state index >= 15 is 0 Å². The topological polar surface area (TPSA) is 29.5 Å². The molecule has 1 N–H and O–H groups in total. The Hall–Kier alpha value is -1.06. The summed E-state index contributed by atoms with van der Waals surface area (Å²) in [7, 11) is 0. The van der Waals surface area contributed by atoms with Crippen molar-refractivity contribution in [2.45, 2.75) is 20.0 Å². The molecule has 0 heterocycles. The van der Waals surface area contributed by atoms with Crippen LogP contribution >= 0.6 is 11.6 Å². The van der Waals surface area contributed by atoms with Crippen LogP contribution in [-0.4, -0.2) is 11.7 Å². The van der Waals surface area contributed by atoms with Gasteiger partial charge in [-0.25, -0.2) is 4.39 Å². The molecule has 16 heavy (non-hydrogen) atoms. The summed E-state index contributed by atoms with van der Waals surface area (Å²) in [4.78, 5) is 0. The average Bonchev–Trinajstić information content (AvgIpc) is 2.26. The zero-order chi connectivity index (χ0) is 12.1. The standard InChI is InChI=1S/C12H14ClFO2/c1-8(6-13)7-16-12-4-3-10(9(2)15)5-11(12)14/h3-6,9,15H,7H2,1-2H3/b8-6+/t9-/m0/s1. The van der Waals surface area contributed by atoms with Crippen molar-refractivity contribution >= 4 is 11.6 Å². The summed E-state index contributed by atoms with van der Waals surface area (Å²) in [6.45, 7) is 3.61. The Morgan fingerprint density at radius 1 is 1.62 bits per heavy atom. The zero-order valence-electron chi connectivity index (χ0n) is 9.21. The number of aliphatic hydroxyl groups is 1. The molecule has 0 aliphatic carbocycles. The lowest BCUT2D eigenvalue weighted by atomic mass is 10.1. The van der Waals surface area contributed by atoms with Gasteiger partial charge in [-0.3, -0.25) is 0 Å². The predicted molar refractivity (Wildman–Crippen MR) is 62.1 cm³/mol. The van der Waals surface area contributed by atoms with E-state index < -0.39 is 11.9 Å². The van der Waals surface area contributed by atoms with Crippen LogP contribution in [0.25, 0.3) is 0 Å². The number of ether oxygens (including phenoxy) is 1. The van der Waals surface area contributed by atoms with Gasteiger partial charge >= 0.3 is 0 Å². The number of aliphatic hydroxyl groups excluding tert-OH is 1. The summed E-state index contributed by atoms with van der Waals surface area (Å²) >= 11 is 5.46. The van der Waals surface area contributed by atoms with Crippen LogP contribution in [-0.2, 0) is 0 Å². The lowest BCUT2D eigenvalue weighted by Gasteiger charge is -2.09. The monoisotopic (exact) mass is 244 g/mol. The smallest absolute Gasteiger partial charge is 0.165 e. The zero-order valence-corrected chi connectivity index (χ0v) is 9.96. The molecule has 0 amide bonds. The molecule has 1 aromatic rings. The number of benzene rings is 1. The van der Waals surface area contributed by atoms with Gasteiger partial charge in [0.2, 0.25) is 0 Å². The lowest BCUT2D eigenvalue weighted by molar-refractivity contribution is 0.198. The number of rotatable bonds is 4. The summed E-state index contributed by atoms with van der Waals surface area (Å²) < 4.78 is 18.7. The molecule has 0 saturated heterocycles. The second-order valence-corrected chi connectivity index (χ2v) is 3.83. The molecular weight excluding hydrogens is 231 g/mol. The molecule has 88 valence electrons. The molecule has 1 atom stereocenters. The molecule has 0 radical (unpaired) electrons. The first kappa shape index (κ1) is 13.0. The third-order valence-electron chi connectivity index (χ3n) is 2.08. The van der Waals surface area contributed by atoms with Gasteiger partial charge in [0, 0.05) is 5.54 Å². The van der Waals surface area contributed by atoms with Gasteiger partial charge in [0.15, 0.2) is 11.6 Å². The van der Waals surface area contributed by atoms with Crippen LogP contribution in [0.3, 0.4) is 0 Å². The van der Waals surface area contributed by atoms with Gasteiger partial charge in [-0.05, 0) is 37.1 Å². The van der Waals surface area contributed by atoms with Crippen molar-refractivity contribution in [2.75, 3.05) is 6.61 Å². The van der Waals surface area contributed by atoms with Crippen molar-refractivity contribution in [1.29, 1.82) is 0 Å². The van der Waals surface area contributed by atoms with Crippen LogP contribution in [0.15, 0.2) is 29.3 Å². The summed E-state index contributed by atoms with van der Waals surface area (Å²) in [5.74, 6) is -0.331. The molecule has 0 aliphatic heterocycles. The molecule has 0 fully saturated rings. The van der Waals surface area contributed by atoms with E-state index in [0.29, 0.717) is 5.56 Å². The minimum absolute atomic E-state index is 0.155. The Morgan fingerprint density at radius 2 is 2.31 bits per heavy atom. The summed E-state index contributed by atoms with van der Waals surface area (Å²) in [5.41, 5.74) is 2.72. The molecule has 0 spiro atoms. The first-order chi connectivity index (χ1) is 7.54. The van der Waals surface area contributed by atoms with E-state index in [2.05, 4.69) is 0 Å². The lowest BCUT2D eigenvalue weighted by Crippen LogP contribution is -2.01. The van der Waals surface area contributed by atoms with Crippen LogP contribution in [0.2, 0.25) is 0 Å². The van der Waals surface area contributed by atoms with Gasteiger partial charge in [0.25, 0.3) is 0 Å². The van der Waals surface area contributed by atoms with E-state index in [0.717, 1.165) is 5.57 Å². The third-order valence-corrected chi connectivity index (χ3v) is 2.45. The maximum absolute atomic E-state index is 13.5. The van der Waals surface area contributed by atoms with E-state index in [1.54, 1.807) is 19.9 Å². The Kier molecular flexibility index (Phi) is 4.77. The number of hydrogen-bond acceptors (Lipinski definition) is 2. The Balaban J connectivity index is 2.75. The van der Waals surface area contributed by atoms with Gasteiger partial charge in [0.1, 0.15) is 6.61 Å². The van der Waals surface area contributed by atoms with Gasteiger partial charge in [-0.15, -0.1) is 0 Å². The largest absolute Gasteiger partial charge is 0.486 e. The highest BCUT2D eigenvalue weighted by Crippen LogP contribution is 2.22. The molecule has 0 unspecified atom stereocenters. The normalized spacial score (nSPS) is 13.7. The van der Waals surface area contributed by atoms with Crippen LogP contribution in [0, 0.1) is 5.82 Å². The van der Waals surface area contributed by atoms with Crippen molar-refractivity contribution < 1.29 is 14.2 Å². The first-order valence-electron chi connectivity index (χ1n) is 4.90. The van der Waals surface area contributed by atoms with Crippen molar-refractivity contribution in [3.8, 4) is 5.75 Å². The predicted octanol–water partition coefficient (Wildman–Crippen LogP) is 3.40. The van der Waals surface area contributed by atoms with Crippen molar-refractivity contribution in [3.63, 3.8) is 0 Å². The Bertz CT molecular complexity index is 389. The van der Waals surface area contributed by atoms with E-state index in [9.17, 15) is 9.50 Å². The fourth-order valence-electron chi connectivity index (χ4n) is 1.12. The molecular formula is C12H14ClFO2. The minimum Gasteiger partial charge on any atom is -0.486 e. The maximum atomic E-state index is 13.5. The molecule has 1 aromatic carbocycles. The maximum Gasteiger partial charge on any atom is 0.165 e. The van der Waals surface area contributed by atoms with Gasteiger partial charge in [-0.2, -0.15) is 0 Å². The first-order valence-corrected chi connectivity index (χ1v) is 5.34. The van der Waals surface area contributed by atoms with Crippen LogP contribution < -0.4 is 4.74 Å². The fourth-order valence-corrected chi connectivity index (χ4v) is 1.18. The van der Waals surface area contributed by atoms with Gasteiger partial charge in [-0.1, -0.05) is 17.7 Å². The number of halogens is 2. The quantitative estimate of drug-likeness (QED) is 0.880. The Labute approximate surface area is 99.3 Å². The molecule has 0 saturated carbocycles. The van der Waals surface area contributed by atoms with Crippen molar-refractivity contribution in [3.05, 3.63) is 40.7 Å². The van der Waals surface area contributed by atoms with Crippen LogP contribution in [0.4, 0.5) is 4.39 Å². The van der Waals surface area contributed by atoms with E-state index in [1.807, 2.05) is 0 Å². The summed E-state index contributed by atoms with van der Waals surface area (Å²) in [5, 5.41) is 9.26. The molecule has 0 bridgehead atoms. The highest BCUT2D eigenvalue weighted by Gasteiger charge is 2.07. The second-order valence-electron chi connectivity index (χ2n) is 3.61. The van der Waals surface area contributed by atoms with Crippen LogP contribution in [0.1, 0.15) is 25.5 Å². The summed E-state index contributed by atoms with van der Waals surface area (Å²) in [6.07, 6.45) is -0.687. The van der Waals surface area contributed by atoms with Gasteiger partial charge < -0.3 is 9.84 Å². The van der Waals surface area contributed by atoms with Gasteiger partial charge in [0.05, 0.1) is 6.10 Å². The SMILES string of the molecule is C/C(=C\Cl)COc1ccc([C@H](C)O)cc1F. The Morgan fingerprint density at radius 3 is 2.81 bits per heavy atom.